The molecule has 1 heterocycles. The third-order valence-corrected chi connectivity index (χ3v) is 5.35. The van der Waals surface area contributed by atoms with Crippen molar-refractivity contribution in [2.24, 2.45) is 0 Å². The van der Waals surface area contributed by atoms with Gasteiger partial charge in [0.05, 0.1) is 0 Å². The number of esters is 1. The van der Waals surface area contributed by atoms with Gasteiger partial charge in [-0.15, -0.1) is 11.3 Å². The lowest BCUT2D eigenvalue weighted by Crippen LogP contribution is -2.37. The van der Waals surface area contributed by atoms with E-state index in [1.165, 1.54) is 4.88 Å². The van der Waals surface area contributed by atoms with Crippen LogP contribution in [-0.4, -0.2) is 24.5 Å². The normalized spacial score (nSPS) is 11.8. The van der Waals surface area contributed by atoms with Crippen LogP contribution in [0.4, 0.5) is 0 Å². The molecule has 5 heteroatoms. The van der Waals surface area contributed by atoms with E-state index in [0.717, 1.165) is 17.5 Å². The number of thiophene rings is 1. The van der Waals surface area contributed by atoms with Crippen LogP contribution in [0.25, 0.3) is 0 Å². The first-order chi connectivity index (χ1) is 13.6. The van der Waals surface area contributed by atoms with Crippen LogP contribution in [0.2, 0.25) is 0 Å². The Bertz CT molecular complexity index is 839. The Kier molecular flexibility index (Phi) is 6.98. The molecule has 144 valence electrons. The SMILES string of the molecule is C[C@H](OC(=O)C(c1ccccc1)c1ccccc1)C(=O)NCCc1cccs1. The molecular formula is C23H23NO3S. The summed E-state index contributed by atoms with van der Waals surface area (Å²) >= 11 is 1.66. The van der Waals surface area contributed by atoms with E-state index in [9.17, 15) is 9.59 Å². The van der Waals surface area contributed by atoms with Crippen molar-refractivity contribution in [3.05, 3.63) is 94.2 Å². The molecule has 2 aromatic carbocycles. The van der Waals surface area contributed by atoms with Crippen molar-refractivity contribution >= 4 is 23.2 Å². The number of rotatable bonds is 8. The molecule has 1 aromatic heterocycles. The summed E-state index contributed by atoms with van der Waals surface area (Å²) in [6.45, 7) is 2.12. The summed E-state index contributed by atoms with van der Waals surface area (Å²) in [5, 5.41) is 4.84. The predicted octanol–water partition coefficient (Wildman–Crippen LogP) is 4.17. The van der Waals surface area contributed by atoms with E-state index in [2.05, 4.69) is 5.32 Å². The first-order valence-electron chi connectivity index (χ1n) is 9.25. The topological polar surface area (TPSA) is 55.4 Å². The summed E-state index contributed by atoms with van der Waals surface area (Å²) < 4.78 is 5.52. The van der Waals surface area contributed by atoms with Crippen molar-refractivity contribution in [3.63, 3.8) is 0 Å². The van der Waals surface area contributed by atoms with Crippen molar-refractivity contribution in [3.8, 4) is 0 Å². The first kappa shape index (κ1) is 19.8. The molecule has 0 unspecified atom stereocenters. The van der Waals surface area contributed by atoms with Gasteiger partial charge in [0.15, 0.2) is 6.10 Å². The van der Waals surface area contributed by atoms with E-state index in [1.807, 2.05) is 78.2 Å². The van der Waals surface area contributed by atoms with Gasteiger partial charge in [-0.3, -0.25) is 9.59 Å². The van der Waals surface area contributed by atoms with Crippen molar-refractivity contribution in [1.29, 1.82) is 0 Å². The average molecular weight is 394 g/mol. The molecule has 0 fully saturated rings. The van der Waals surface area contributed by atoms with Crippen molar-refractivity contribution in [2.45, 2.75) is 25.4 Å². The average Bonchev–Trinajstić information content (AvgIpc) is 3.23. The Morgan fingerprint density at radius 2 is 1.54 bits per heavy atom. The Balaban J connectivity index is 1.63. The zero-order valence-corrected chi connectivity index (χ0v) is 16.5. The van der Waals surface area contributed by atoms with Crippen LogP contribution < -0.4 is 5.32 Å². The standard InChI is InChI=1S/C23H23NO3S/c1-17(22(25)24-15-14-20-13-8-16-28-20)27-23(26)21(18-9-4-2-5-10-18)19-11-6-3-7-12-19/h2-13,16-17,21H,14-15H2,1H3,(H,24,25)/t17-/m0/s1. The van der Waals surface area contributed by atoms with Gasteiger partial charge >= 0.3 is 5.97 Å². The van der Waals surface area contributed by atoms with Gasteiger partial charge < -0.3 is 10.1 Å². The molecule has 0 aliphatic heterocycles. The smallest absolute Gasteiger partial charge is 0.318 e. The first-order valence-corrected chi connectivity index (χ1v) is 10.1. The van der Waals surface area contributed by atoms with Crippen LogP contribution in [0.15, 0.2) is 78.2 Å². The van der Waals surface area contributed by atoms with E-state index < -0.39 is 18.0 Å². The van der Waals surface area contributed by atoms with Gasteiger partial charge in [-0.2, -0.15) is 0 Å². The lowest BCUT2D eigenvalue weighted by molar-refractivity contribution is -0.155. The van der Waals surface area contributed by atoms with Crippen molar-refractivity contribution in [2.75, 3.05) is 6.54 Å². The molecule has 1 amide bonds. The summed E-state index contributed by atoms with van der Waals surface area (Å²) in [6, 6.07) is 23.0. The number of benzene rings is 2. The van der Waals surface area contributed by atoms with Crippen LogP contribution in [0, 0.1) is 0 Å². The van der Waals surface area contributed by atoms with E-state index in [1.54, 1.807) is 18.3 Å². The zero-order valence-electron chi connectivity index (χ0n) is 15.7. The van der Waals surface area contributed by atoms with E-state index in [4.69, 9.17) is 4.74 Å². The highest BCUT2D eigenvalue weighted by atomic mass is 32.1. The summed E-state index contributed by atoms with van der Waals surface area (Å²) in [5.41, 5.74) is 1.67. The Labute approximate surface area is 169 Å². The quantitative estimate of drug-likeness (QED) is 0.585. The fourth-order valence-electron chi connectivity index (χ4n) is 2.96. The maximum Gasteiger partial charge on any atom is 0.318 e. The van der Waals surface area contributed by atoms with Gasteiger partial charge in [0.1, 0.15) is 5.92 Å². The Morgan fingerprint density at radius 3 is 2.07 bits per heavy atom. The predicted molar refractivity (Wildman–Crippen MR) is 111 cm³/mol. The Morgan fingerprint density at radius 1 is 0.929 bits per heavy atom. The minimum absolute atomic E-state index is 0.287. The monoisotopic (exact) mass is 393 g/mol. The lowest BCUT2D eigenvalue weighted by Gasteiger charge is -2.20. The number of carbonyl (C=O) groups is 2. The van der Waals surface area contributed by atoms with E-state index in [0.29, 0.717) is 6.54 Å². The molecule has 3 rings (SSSR count). The fourth-order valence-corrected chi connectivity index (χ4v) is 3.67. The van der Waals surface area contributed by atoms with Gasteiger partial charge in [-0.25, -0.2) is 0 Å². The van der Waals surface area contributed by atoms with Gasteiger partial charge in [-0.1, -0.05) is 66.7 Å². The fraction of sp³-hybridized carbons (Fsp3) is 0.217. The highest BCUT2D eigenvalue weighted by Gasteiger charge is 2.27. The van der Waals surface area contributed by atoms with Gasteiger partial charge in [0.2, 0.25) is 0 Å². The third-order valence-electron chi connectivity index (χ3n) is 4.41. The van der Waals surface area contributed by atoms with Crippen LogP contribution in [0.5, 0.6) is 0 Å². The van der Waals surface area contributed by atoms with Gasteiger partial charge in [0, 0.05) is 11.4 Å². The number of carbonyl (C=O) groups excluding carboxylic acids is 2. The van der Waals surface area contributed by atoms with Gasteiger partial charge in [-0.05, 0) is 35.9 Å². The van der Waals surface area contributed by atoms with E-state index >= 15 is 0 Å². The van der Waals surface area contributed by atoms with Crippen molar-refractivity contribution < 1.29 is 14.3 Å². The lowest BCUT2D eigenvalue weighted by atomic mass is 9.91. The molecule has 4 nitrogen and oxygen atoms in total. The second-order valence-electron chi connectivity index (χ2n) is 6.45. The van der Waals surface area contributed by atoms with Crippen LogP contribution in [-0.2, 0) is 20.7 Å². The second-order valence-corrected chi connectivity index (χ2v) is 7.49. The summed E-state index contributed by atoms with van der Waals surface area (Å²) in [4.78, 5) is 26.4. The molecule has 28 heavy (non-hydrogen) atoms. The number of nitrogens with one attached hydrogen (secondary N) is 1. The molecule has 0 aliphatic rings. The van der Waals surface area contributed by atoms with Crippen molar-refractivity contribution in [1.82, 2.24) is 5.32 Å². The maximum absolute atomic E-state index is 12.9. The number of ether oxygens (including phenoxy) is 1. The highest BCUT2D eigenvalue weighted by Crippen LogP contribution is 2.26. The second kappa shape index (κ2) is 9.85. The summed E-state index contributed by atoms with van der Waals surface area (Å²) in [6.07, 6.45) is -0.0912. The molecule has 0 bridgehead atoms. The molecule has 1 atom stereocenters. The molecule has 1 N–H and O–H groups in total. The minimum Gasteiger partial charge on any atom is -0.452 e. The number of hydrogen-bond donors (Lipinski definition) is 1. The van der Waals surface area contributed by atoms with Gasteiger partial charge in [0.25, 0.3) is 5.91 Å². The molecule has 0 aliphatic carbocycles. The maximum atomic E-state index is 12.9. The van der Waals surface area contributed by atoms with Crippen LogP contribution in [0.1, 0.15) is 28.8 Å². The molecule has 0 radical (unpaired) electrons. The van der Waals surface area contributed by atoms with Crippen LogP contribution in [0.3, 0.4) is 0 Å². The third kappa shape index (κ3) is 5.30. The van der Waals surface area contributed by atoms with E-state index in [-0.39, 0.29) is 5.91 Å². The molecule has 0 saturated carbocycles. The molecule has 0 spiro atoms. The summed E-state index contributed by atoms with van der Waals surface area (Å²) in [7, 11) is 0. The summed E-state index contributed by atoms with van der Waals surface area (Å²) in [5.74, 6) is -1.29. The zero-order chi connectivity index (χ0) is 19.8. The molecule has 0 saturated heterocycles. The largest absolute Gasteiger partial charge is 0.452 e. The minimum atomic E-state index is -0.856. The molecular weight excluding hydrogens is 370 g/mol. The Hall–Kier alpha value is -2.92. The van der Waals surface area contributed by atoms with Crippen LogP contribution >= 0.6 is 11.3 Å². The number of amides is 1. The molecule has 3 aromatic rings. The highest BCUT2D eigenvalue weighted by molar-refractivity contribution is 7.09. The number of hydrogen-bond acceptors (Lipinski definition) is 4.